The first kappa shape index (κ1) is 27.3. The Labute approximate surface area is 189 Å². The van der Waals surface area contributed by atoms with Crippen LogP contribution in [0.5, 0.6) is 5.75 Å². The van der Waals surface area contributed by atoms with Gasteiger partial charge >= 0.3 is 0 Å². The number of rotatable bonds is 16. The number of carbonyl (C=O) groups excluding carboxylic acids is 2. The minimum atomic E-state index is -1.23. The fourth-order valence-corrected chi connectivity index (χ4v) is 3.22. The van der Waals surface area contributed by atoms with Gasteiger partial charge < -0.3 is 25.2 Å². The van der Waals surface area contributed by atoms with E-state index < -0.39 is 24.6 Å². The summed E-state index contributed by atoms with van der Waals surface area (Å²) in [5.41, 5.74) is 0.497. The molecular weight excluding hydrogens is 415 g/mol. The zero-order valence-corrected chi connectivity index (χ0v) is 18.8. The Morgan fingerprint density at radius 3 is 2.62 bits per heavy atom. The van der Waals surface area contributed by atoms with Gasteiger partial charge in [0.1, 0.15) is 18.2 Å². The Hall–Kier alpha value is -2.71. The molecule has 8 heteroatoms. The second-order valence-electron chi connectivity index (χ2n) is 7.50. The number of halogens is 1. The molecule has 3 N–H and O–H groups in total. The second kappa shape index (κ2) is 15.2. The summed E-state index contributed by atoms with van der Waals surface area (Å²) in [6.07, 6.45) is 3.57. The molecule has 1 unspecified atom stereocenters. The van der Waals surface area contributed by atoms with Gasteiger partial charge in [-0.15, -0.1) is 6.58 Å². The highest BCUT2D eigenvalue weighted by atomic mass is 19.1. The van der Waals surface area contributed by atoms with Crippen LogP contribution < -0.4 is 10.1 Å². The van der Waals surface area contributed by atoms with Crippen molar-refractivity contribution in [2.75, 3.05) is 26.3 Å². The molecule has 1 aromatic rings. The van der Waals surface area contributed by atoms with Crippen LogP contribution in [0.15, 0.2) is 43.5 Å². The molecule has 0 bridgehead atoms. The SMILES string of the molecule is C=CCOc1cc(F)cc(CC(NC(=O)CCCC(=O)N(CC=C)CCC)[C@H](O)CO)c1. The number of carbonyl (C=O) groups is 2. The minimum Gasteiger partial charge on any atom is -0.489 e. The molecule has 0 aliphatic heterocycles. The van der Waals surface area contributed by atoms with Crippen molar-refractivity contribution >= 4 is 11.8 Å². The minimum absolute atomic E-state index is 0.0432. The number of nitrogens with zero attached hydrogens (tertiary/aromatic N) is 1. The van der Waals surface area contributed by atoms with Crippen LogP contribution in [0.1, 0.15) is 38.2 Å². The van der Waals surface area contributed by atoms with Crippen molar-refractivity contribution in [1.82, 2.24) is 10.2 Å². The normalized spacial score (nSPS) is 12.5. The molecule has 2 atom stereocenters. The van der Waals surface area contributed by atoms with Gasteiger partial charge in [-0.1, -0.05) is 25.7 Å². The van der Waals surface area contributed by atoms with E-state index in [0.29, 0.717) is 30.8 Å². The maximum Gasteiger partial charge on any atom is 0.222 e. The molecule has 0 radical (unpaired) electrons. The average Bonchev–Trinajstić information content (AvgIpc) is 2.76. The van der Waals surface area contributed by atoms with Crippen LogP contribution in [0.2, 0.25) is 0 Å². The first-order valence-corrected chi connectivity index (χ1v) is 10.8. The van der Waals surface area contributed by atoms with Gasteiger partial charge in [-0.25, -0.2) is 4.39 Å². The summed E-state index contributed by atoms with van der Waals surface area (Å²) in [6, 6.07) is 3.30. The monoisotopic (exact) mass is 450 g/mol. The fourth-order valence-electron chi connectivity index (χ4n) is 3.22. The molecule has 0 aliphatic rings. The molecule has 0 spiro atoms. The molecule has 1 aromatic carbocycles. The number of hydrogen-bond donors (Lipinski definition) is 3. The molecule has 0 heterocycles. The summed E-state index contributed by atoms with van der Waals surface area (Å²) in [5.74, 6) is -0.614. The van der Waals surface area contributed by atoms with Crippen LogP contribution in [0, 0.1) is 5.82 Å². The van der Waals surface area contributed by atoms with Crippen LogP contribution in [-0.2, 0) is 16.0 Å². The van der Waals surface area contributed by atoms with Crippen LogP contribution >= 0.6 is 0 Å². The molecule has 2 amide bonds. The largest absolute Gasteiger partial charge is 0.489 e. The molecule has 0 saturated heterocycles. The van der Waals surface area contributed by atoms with Crippen LogP contribution in [-0.4, -0.2) is 65.4 Å². The standard InChI is InChI=1S/C24H35FN2O5/c1-4-10-27(11-5-2)24(31)9-7-8-23(30)26-21(22(29)17-28)15-18-13-19(25)16-20(14-18)32-12-6-3/h4,6,13-14,16,21-22,28-29H,1,3,5,7-12,15,17H2,2H3,(H,26,30)/t21?,22-/m1/s1. The lowest BCUT2D eigenvalue weighted by Crippen LogP contribution is -2.46. The third-order valence-corrected chi connectivity index (χ3v) is 4.74. The van der Waals surface area contributed by atoms with Crippen LogP contribution in [0.25, 0.3) is 0 Å². The van der Waals surface area contributed by atoms with Crippen LogP contribution in [0.4, 0.5) is 4.39 Å². The third-order valence-electron chi connectivity index (χ3n) is 4.74. The summed E-state index contributed by atoms with van der Waals surface area (Å²) >= 11 is 0. The van der Waals surface area contributed by atoms with Gasteiger partial charge in [0.15, 0.2) is 0 Å². The molecular formula is C24H35FN2O5. The van der Waals surface area contributed by atoms with Gasteiger partial charge in [0.05, 0.1) is 18.8 Å². The van der Waals surface area contributed by atoms with E-state index in [4.69, 9.17) is 4.74 Å². The first-order valence-electron chi connectivity index (χ1n) is 10.8. The van der Waals surface area contributed by atoms with Crippen molar-refractivity contribution in [3.05, 3.63) is 54.9 Å². The predicted octanol–water partition coefficient (Wildman–Crippen LogP) is 2.37. The molecule has 0 fully saturated rings. The second-order valence-corrected chi connectivity index (χ2v) is 7.50. The van der Waals surface area contributed by atoms with Crippen molar-refractivity contribution in [2.24, 2.45) is 0 Å². The van der Waals surface area contributed by atoms with E-state index in [1.165, 1.54) is 18.2 Å². The Morgan fingerprint density at radius 1 is 1.25 bits per heavy atom. The maximum atomic E-state index is 13.9. The molecule has 0 saturated carbocycles. The number of ether oxygens (including phenoxy) is 1. The third kappa shape index (κ3) is 10.1. The summed E-state index contributed by atoms with van der Waals surface area (Å²) in [7, 11) is 0. The quantitative estimate of drug-likeness (QED) is 0.336. The number of aliphatic hydroxyl groups is 2. The number of benzene rings is 1. The van der Waals surface area contributed by atoms with Gasteiger partial charge in [-0.3, -0.25) is 9.59 Å². The average molecular weight is 451 g/mol. The van der Waals surface area contributed by atoms with E-state index in [0.717, 1.165) is 6.42 Å². The number of aliphatic hydroxyl groups excluding tert-OH is 2. The lowest BCUT2D eigenvalue weighted by Gasteiger charge is -2.23. The summed E-state index contributed by atoms with van der Waals surface area (Å²) < 4.78 is 19.3. The zero-order valence-electron chi connectivity index (χ0n) is 18.8. The van der Waals surface area contributed by atoms with E-state index in [2.05, 4.69) is 18.5 Å². The van der Waals surface area contributed by atoms with Crippen molar-refractivity contribution in [3.8, 4) is 5.75 Å². The number of amides is 2. The Bertz CT molecular complexity index is 756. The highest BCUT2D eigenvalue weighted by Crippen LogP contribution is 2.19. The van der Waals surface area contributed by atoms with Gasteiger partial charge in [0.25, 0.3) is 0 Å². The van der Waals surface area contributed by atoms with Gasteiger partial charge in [-0.2, -0.15) is 0 Å². The molecule has 1 rings (SSSR count). The van der Waals surface area contributed by atoms with Crippen molar-refractivity contribution < 1.29 is 28.9 Å². The van der Waals surface area contributed by atoms with E-state index in [-0.39, 0.29) is 37.7 Å². The van der Waals surface area contributed by atoms with Crippen molar-refractivity contribution in [1.29, 1.82) is 0 Å². The molecule has 32 heavy (non-hydrogen) atoms. The van der Waals surface area contributed by atoms with E-state index in [1.807, 2.05) is 6.92 Å². The fraction of sp³-hybridized carbons (Fsp3) is 0.500. The lowest BCUT2D eigenvalue weighted by molar-refractivity contribution is -0.131. The van der Waals surface area contributed by atoms with Crippen molar-refractivity contribution in [3.63, 3.8) is 0 Å². The van der Waals surface area contributed by atoms with Crippen molar-refractivity contribution in [2.45, 2.75) is 51.2 Å². The molecule has 0 aliphatic carbocycles. The first-order chi connectivity index (χ1) is 15.3. The Kier molecular flexibility index (Phi) is 12.9. The van der Waals surface area contributed by atoms with Gasteiger partial charge in [0.2, 0.25) is 11.8 Å². The number of nitrogens with one attached hydrogen (secondary N) is 1. The lowest BCUT2D eigenvalue weighted by atomic mass is 10.0. The molecule has 178 valence electrons. The smallest absolute Gasteiger partial charge is 0.222 e. The maximum absolute atomic E-state index is 13.9. The van der Waals surface area contributed by atoms with E-state index >= 15 is 0 Å². The van der Waals surface area contributed by atoms with E-state index in [1.54, 1.807) is 17.0 Å². The highest BCUT2D eigenvalue weighted by Gasteiger charge is 2.22. The summed E-state index contributed by atoms with van der Waals surface area (Å²) in [4.78, 5) is 26.4. The summed E-state index contributed by atoms with van der Waals surface area (Å²) in [6.45, 7) is 9.93. The topological polar surface area (TPSA) is 99.1 Å². The zero-order chi connectivity index (χ0) is 23.9. The Balaban J connectivity index is 2.69. The predicted molar refractivity (Wildman–Crippen MR) is 122 cm³/mol. The highest BCUT2D eigenvalue weighted by molar-refractivity contribution is 5.79. The summed E-state index contributed by atoms with van der Waals surface area (Å²) in [5, 5.41) is 22.2. The van der Waals surface area contributed by atoms with E-state index in [9.17, 15) is 24.2 Å². The molecule has 0 aromatic heterocycles. The van der Waals surface area contributed by atoms with Gasteiger partial charge in [-0.05, 0) is 37.0 Å². The Morgan fingerprint density at radius 2 is 2.00 bits per heavy atom. The number of hydrogen-bond acceptors (Lipinski definition) is 5. The van der Waals surface area contributed by atoms with Crippen LogP contribution in [0.3, 0.4) is 0 Å². The molecule has 7 nitrogen and oxygen atoms in total. The van der Waals surface area contributed by atoms with Gasteiger partial charge in [0, 0.05) is 32.0 Å².